The summed E-state index contributed by atoms with van der Waals surface area (Å²) in [7, 11) is 0. The third kappa shape index (κ3) is 11.7. The standard InChI is InChI=1S/C32H45N5O6/c1-2-28(37(42)23-38)26(21-24-13-5-3-6-14-24)30(39)35-27(31(40)36-29-18-10-12-19-33-29)17-9-11-20-34-32(41)43-22-25-15-7-4-8-16-25/h4,7-8,10,12,15-16,18-19,23-24,26-28,42H,2-3,5-6,9,11,13-14,17,20-22H2,1H3,(H,34,41)(H,35,39)(H,33,36,40)/t26-,27+,28+/m1/s1. The summed E-state index contributed by atoms with van der Waals surface area (Å²) < 4.78 is 5.24. The fraction of sp³-hybridized carbons (Fsp3) is 0.531. The third-order valence-electron chi connectivity index (χ3n) is 7.93. The van der Waals surface area contributed by atoms with E-state index in [9.17, 15) is 24.4 Å². The summed E-state index contributed by atoms with van der Waals surface area (Å²) in [6.45, 7) is 2.34. The number of nitrogens with zero attached hydrogens (tertiary/aromatic N) is 2. The maximum atomic E-state index is 13.7. The number of hydroxylamine groups is 2. The van der Waals surface area contributed by atoms with E-state index in [2.05, 4.69) is 20.9 Å². The lowest BCUT2D eigenvalue weighted by Crippen LogP contribution is -2.51. The molecule has 2 aromatic rings. The first kappa shape index (κ1) is 33.5. The highest BCUT2D eigenvalue weighted by Crippen LogP contribution is 2.32. The van der Waals surface area contributed by atoms with E-state index in [0.717, 1.165) is 31.2 Å². The van der Waals surface area contributed by atoms with Crippen molar-refractivity contribution >= 4 is 30.1 Å². The fourth-order valence-electron chi connectivity index (χ4n) is 5.59. The van der Waals surface area contributed by atoms with Gasteiger partial charge in [0.15, 0.2) is 0 Å². The molecule has 1 aromatic heterocycles. The van der Waals surface area contributed by atoms with E-state index in [-0.39, 0.29) is 12.5 Å². The van der Waals surface area contributed by atoms with Crippen molar-refractivity contribution in [2.75, 3.05) is 11.9 Å². The maximum Gasteiger partial charge on any atom is 0.407 e. The molecule has 11 nitrogen and oxygen atoms in total. The summed E-state index contributed by atoms with van der Waals surface area (Å²) in [6.07, 6.45) is 9.03. The minimum Gasteiger partial charge on any atom is -0.445 e. The van der Waals surface area contributed by atoms with Gasteiger partial charge in [-0.3, -0.25) is 19.6 Å². The van der Waals surface area contributed by atoms with Gasteiger partial charge < -0.3 is 20.7 Å². The lowest BCUT2D eigenvalue weighted by atomic mass is 9.79. The van der Waals surface area contributed by atoms with E-state index >= 15 is 0 Å². The van der Waals surface area contributed by atoms with Crippen molar-refractivity contribution in [1.29, 1.82) is 0 Å². The molecule has 4 amide bonds. The molecule has 1 aliphatic carbocycles. The minimum absolute atomic E-state index is 0.171. The molecule has 0 spiro atoms. The number of carbonyl (C=O) groups excluding carboxylic acids is 4. The second kappa shape index (κ2) is 18.5. The highest BCUT2D eigenvalue weighted by atomic mass is 16.5. The zero-order valence-corrected chi connectivity index (χ0v) is 25.0. The van der Waals surface area contributed by atoms with Crippen LogP contribution in [-0.4, -0.2) is 58.2 Å². The summed E-state index contributed by atoms with van der Waals surface area (Å²) in [4.78, 5) is 54.7. The van der Waals surface area contributed by atoms with Crippen molar-refractivity contribution in [3.05, 3.63) is 60.3 Å². The van der Waals surface area contributed by atoms with Crippen LogP contribution in [0.4, 0.5) is 10.6 Å². The average molecular weight is 596 g/mol. The van der Waals surface area contributed by atoms with Gasteiger partial charge in [-0.2, -0.15) is 0 Å². The second-order valence-corrected chi connectivity index (χ2v) is 11.1. The first-order chi connectivity index (χ1) is 20.9. The predicted octanol–water partition coefficient (Wildman–Crippen LogP) is 4.81. The number of alkyl carbamates (subject to hydrolysis) is 1. The SMILES string of the molecule is CC[C@@H]([C@@H](CC1CCCCC1)C(=O)N[C@@H](CCCCNC(=O)OCc1ccccc1)C(=O)Nc1ccccn1)N(O)C=O. The number of hydrogen-bond donors (Lipinski definition) is 4. The molecule has 1 fully saturated rings. The Morgan fingerprint density at radius 2 is 1.79 bits per heavy atom. The largest absolute Gasteiger partial charge is 0.445 e. The second-order valence-electron chi connectivity index (χ2n) is 11.1. The molecule has 1 aromatic carbocycles. The van der Waals surface area contributed by atoms with Crippen LogP contribution in [0.5, 0.6) is 0 Å². The molecular formula is C32H45N5O6. The Morgan fingerprint density at radius 3 is 2.47 bits per heavy atom. The van der Waals surface area contributed by atoms with Gasteiger partial charge in [0, 0.05) is 12.7 Å². The molecule has 0 bridgehead atoms. The fourth-order valence-corrected chi connectivity index (χ4v) is 5.59. The summed E-state index contributed by atoms with van der Waals surface area (Å²) in [5.41, 5.74) is 0.889. The molecular weight excluding hydrogens is 550 g/mol. The number of rotatable bonds is 17. The molecule has 1 heterocycles. The molecule has 4 N–H and O–H groups in total. The number of ether oxygens (including phenoxy) is 1. The Labute approximate surface area is 253 Å². The average Bonchev–Trinajstić information content (AvgIpc) is 3.04. The minimum atomic E-state index is -0.880. The number of anilines is 1. The van der Waals surface area contributed by atoms with Gasteiger partial charge in [-0.25, -0.2) is 14.8 Å². The first-order valence-electron chi connectivity index (χ1n) is 15.3. The number of hydrogen-bond acceptors (Lipinski definition) is 7. The van der Waals surface area contributed by atoms with Crippen LogP contribution in [0.1, 0.15) is 76.7 Å². The lowest BCUT2D eigenvalue weighted by molar-refractivity contribution is -0.169. The number of pyridine rings is 1. The highest BCUT2D eigenvalue weighted by Gasteiger charge is 2.35. The van der Waals surface area contributed by atoms with Gasteiger partial charge in [0.1, 0.15) is 18.5 Å². The van der Waals surface area contributed by atoms with Crippen LogP contribution in [-0.2, 0) is 25.7 Å². The van der Waals surface area contributed by atoms with Crippen molar-refractivity contribution in [3.8, 4) is 0 Å². The van der Waals surface area contributed by atoms with Crippen molar-refractivity contribution in [2.24, 2.45) is 11.8 Å². The third-order valence-corrected chi connectivity index (χ3v) is 7.93. The van der Waals surface area contributed by atoms with Crippen molar-refractivity contribution in [3.63, 3.8) is 0 Å². The Kier molecular flexibility index (Phi) is 14.4. The summed E-state index contributed by atoms with van der Waals surface area (Å²) >= 11 is 0. The van der Waals surface area contributed by atoms with Crippen LogP contribution < -0.4 is 16.0 Å². The molecule has 0 radical (unpaired) electrons. The van der Waals surface area contributed by atoms with E-state index < -0.39 is 30.0 Å². The van der Waals surface area contributed by atoms with Crippen molar-refractivity contribution in [2.45, 2.75) is 89.8 Å². The molecule has 43 heavy (non-hydrogen) atoms. The quantitative estimate of drug-likeness (QED) is 0.0887. The number of benzene rings is 1. The number of carbonyl (C=O) groups is 4. The van der Waals surface area contributed by atoms with Gasteiger partial charge >= 0.3 is 6.09 Å². The van der Waals surface area contributed by atoms with Gasteiger partial charge in [0.05, 0.1) is 12.0 Å². The highest BCUT2D eigenvalue weighted by molar-refractivity contribution is 5.96. The van der Waals surface area contributed by atoms with Crippen molar-refractivity contribution < 1.29 is 29.1 Å². The summed E-state index contributed by atoms with van der Waals surface area (Å²) in [5.74, 6) is -0.783. The molecule has 0 aliphatic heterocycles. The molecule has 234 valence electrons. The van der Waals surface area contributed by atoms with Crippen LogP contribution in [0.2, 0.25) is 0 Å². The van der Waals surface area contributed by atoms with Crippen LogP contribution in [0, 0.1) is 11.8 Å². The predicted molar refractivity (Wildman–Crippen MR) is 162 cm³/mol. The summed E-state index contributed by atoms with van der Waals surface area (Å²) in [6, 6.07) is 12.9. The Balaban J connectivity index is 1.61. The smallest absolute Gasteiger partial charge is 0.407 e. The Hall–Kier alpha value is -3.99. The molecule has 11 heteroatoms. The van der Waals surface area contributed by atoms with Crippen LogP contribution >= 0.6 is 0 Å². The van der Waals surface area contributed by atoms with Crippen LogP contribution in [0.3, 0.4) is 0 Å². The van der Waals surface area contributed by atoms with E-state index in [1.54, 1.807) is 24.4 Å². The molecule has 3 rings (SSSR count). The molecule has 0 unspecified atom stereocenters. The number of nitrogens with one attached hydrogen (secondary N) is 3. The van der Waals surface area contributed by atoms with Crippen molar-refractivity contribution in [1.82, 2.24) is 20.7 Å². The van der Waals surface area contributed by atoms with E-state index in [1.807, 2.05) is 37.3 Å². The topological polar surface area (TPSA) is 150 Å². The normalized spacial score (nSPS) is 15.4. The van der Waals surface area contributed by atoms with Gasteiger partial charge in [-0.15, -0.1) is 0 Å². The summed E-state index contributed by atoms with van der Waals surface area (Å²) in [5, 5.41) is 19.3. The lowest BCUT2D eigenvalue weighted by Gasteiger charge is -2.33. The van der Waals surface area contributed by atoms with E-state index in [4.69, 9.17) is 4.74 Å². The van der Waals surface area contributed by atoms with Gasteiger partial charge in [0.25, 0.3) is 0 Å². The van der Waals surface area contributed by atoms with Gasteiger partial charge in [0.2, 0.25) is 18.2 Å². The van der Waals surface area contributed by atoms with Crippen LogP contribution in [0.15, 0.2) is 54.7 Å². The monoisotopic (exact) mass is 595 g/mol. The maximum absolute atomic E-state index is 13.7. The molecule has 1 aliphatic rings. The Morgan fingerprint density at radius 1 is 1.05 bits per heavy atom. The molecule has 0 saturated heterocycles. The zero-order chi connectivity index (χ0) is 30.9. The number of amides is 4. The molecule has 1 saturated carbocycles. The van der Waals surface area contributed by atoms with Gasteiger partial charge in [-0.05, 0) is 55.7 Å². The Bertz CT molecular complexity index is 1130. The zero-order valence-electron chi connectivity index (χ0n) is 25.0. The number of unbranched alkanes of at least 4 members (excludes halogenated alkanes) is 1. The van der Waals surface area contributed by atoms with Gasteiger partial charge in [-0.1, -0.05) is 75.4 Å². The molecule has 3 atom stereocenters. The first-order valence-corrected chi connectivity index (χ1v) is 15.3. The van der Waals surface area contributed by atoms with E-state index in [1.165, 1.54) is 6.42 Å². The van der Waals surface area contributed by atoms with E-state index in [0.29, 0.717) is 61.9 Å². The number of aromatic nitrogens is 1. The van der Waals surface area contributed by atoms with Crippen LogP contribution in [0.25, 0.3) is 0 Å².